The molecule has 0 unspecified atom stereocenters. The van der Waals surface area contributed by atoms with Crippen LogP contribution in [0.25, 0.3) is 0 Å². The average molecular weight is 362 g/mol. The Labute approximate surface area is 140 Å². The van der Waals surface area contributed by atoms with Gasteiger partial charge in [0.15, 0.2) is 0 Å². The molecule has 0 aliphatic heterocycles. The molecule has 0 amide bonds. The minimum absolute atomic E-state index is 0. The predicted octanol–water partition coefficient (Wildman–Crippen LogP) is -1.08. The molecule has 0 bridgehead atoms. The third-order valence-corrected chi connectivity index (χ3v) is 2.45. The Bertz CT molecular complexity index is 612. The van der Waals surface area contributed by atoms with Crippen molar-refractivity contribution in [3.63, 3.8) is 0 Å². The van der Waals surface area contributed by atoms with Crippen LogP contribution in [0, 0.1) is 0 Å². The normalized spacial score (nSPS) is 9.04. The van der Waals surface area contributed by atoms with Crippen molar-refractivity contribution in [1.82, 2.24) is 0 Å². The maximum absolute atomic E-state index is 10.2. The van der Waals surface area contributed by atoms with Gasteiger partial charge in [0, 0.05) is 0 Å². The summed E-state index contributed by atoms with van der Waals surface area (Å²) >= 11 is 0. The SMILES string of the molecule is O=C([O-])c1c(O)cccc1O.O=C([O-])c1c(O)cccc1O.[Fe+2]. The van der Waals surface area contributed by atoms with Gasteiger partial charge in [0.1, 0.15) is 23.0 Å². The van der Waals surface area contributed by atoms with E-state index in [1.54, 1.807) is 0 Å². The molecule has 4 N–H and O–H groups in total. The predicted molar refractivity (Wildman–Crippen MR) is 68.2 cm³/mol. The van der Waals surface area contributed by atoms with Crippen molar-refractivity contribution in [3.8, 4) is 23.0 Å². The van der Waals surface area contributed by atoms with Crippen LogP contribution in [0.5, 0.6) is 23.0 Å². The second-order valence-electron chi connectivity index (χ2n) is 3.92. The Morgan fingerprint density at radius 3 is 1.00 bits per heavy atom. The molecule has 0 aliphatic carbocycles. The number of aromatic hydroxyl groups is 4. The second kappa shape index (κ2) is 8.52. The van der Waals surface area contributed by atoms with Crippen molar-refractivity contribution >= 4 is 11.9 Å². The molecule has 2 aromatic rings. The molecule has 0 fully saturated rings. The number of carboxylic acids is 2. The number of hydrogen-bond donors (Lipinski definition) is 4. The van der Waals surface area contributed by atoms with Crippen molar-refractivity contribution in [2.75, 3.05) is 0 Å². The molecular formula is C14H10FeO8. The second-order valence-corrected chi connectivity index (χ2v) is 3.92. The topological polar surface area (TPSA) is 161 Å². The standard InChI is InChI=1S/2C7H6O4.Fe/c2*8-4-2-1-3-5(9)6(4)7(10)11;/h2*1-3,8-9H,(H,10,11);/q;;+2/p-2. The minimum atomic E-state index is -1.60. The molecular weight excluding hydrogens is 352 g/mol. The summed E-state index contributed by atoms with van der Waals surface area (Å²) in [5.41, 5.74) is -1.15. The van der Waals surface area contributed by atoms with Gasteiger partial charge in [-0.15, -0.1) is 0 Å². The van der Waals surface area contributed by atoms with Crippen molar-refractivity contribution in [1.29, 1.82) is 0 Å². The summed E-state index contributed by atoms with van der Waals surface area (Å²) in [5, 5.41) is 55.9. The Morgan fingerprint density at radius 1 is 0.652 bits per heavy atom. The van der Waals surface area contributed by atoms with E-state index in [0.717, 1.165) is 24.3 Å². The Morgan fingerprint density at radius 2 is 0.870 bits per heavy atom. The number of aromatic carboxylic acids is 2. The molecule has 2 rings (SSSR count). The van der Waals surface area contributed by atoms with Crippen LogP contribution in [-0.4, -0.2) is 32.4 Å². The Balaban J connectivity index is 0.000000403. The summed E-state index contributed by atoms with van der Waals surface area (Å²) in [6, 6.07) is 7.29. The van der Waals surface area contributed by atoms with Crippen molar-refractivity contribution in [2.24, 2.45) is 0 Å². The van der Waals surface area contributed by atoms with Gasteiger partial charge >= 0.3 is 17.1 Å². The number of phenols is 4. The zero-order chi connectivity index (χ0) is 16.9. The smallest absolute Gasteiger partial charge is 0.545 e. The van der Waals surface area contributed by atoms with Crippen molar-refractivity contribution in [2.45, 2.75) is 0 Å². The summed E-state index contributed by atoms with van der Waals surface area (Å²) in [6.45, 7) is 0. The van der Waals surface area contributed by atoms with Crippen LogP contribution in [0.2, 0.25) is 0 Å². The number of hydrogen-bond acceptors (Lipinski definition) is 8. The van der Waals surface area contributed by atoms with Gasteiger partial charge in [-0.05, 0) is 24.3 Å². The number of benzene rings is 2. The van der Waals surface area contributed by atoms with E-state index in [4.69, 9.17) is 20.4 Å². The maximum atomic E-state index is 10.2. The van der Waals surface area contributed by atoms with E-state index in [0.29, 0.717) is 0 Å². The summed E-state index contributed by atoms with van der Waals surface area (Å²) in [7, 11) is 0. The molecule has 0 heterocycles. The molecule has 0 atom stereocenters. The Hall–Kier alpha value is -2.90. The van der Waals surface area contributed by atoms with Crippen LogP contribution in [0.1, 0.15) is 20.7 Å². The molecule has 122 valence electrons. The molecule has 0 radical (unpaired) electrons. The fraction of sp³-hybridized carbons (Fsp3) is 0. The van der Waals surface area contributed by atoms with Crippen LogP contribution in [0.4, 0.5) is 0 Å². The summed E-state index contributed by atoms with van der Waals surface area (Å²) in [6.07, 6.45) is 0. The fourth-order valence-corrected chi connectivity index (χ4v) is 1.47. The third-order valence-electron chi connectivity index (χ3n) is 2.45. The fourth-order valence-electron chi connectivity index (χ4n) is 1.47. The molecule has 0 saturated heterocycles. The van der Waals surface area contributed by atoms with Crippen LogP contribution >= 0.6 is 0 Å². The van der Waals surface area contributed by atoms with Gasteiger partial charge in [-0.2, -0.15) is 0 Å². The Kier molecular flexibility index (Phi) is 7.45. The number of carbonyl (C=O) groups is 2. The summed E-state index contributed by atoms with van der Waals surface area (Å²) in [4.78, 5) is 20.4. The van der Waals surface area contributed by atoms with E-state index in [-0.39, 0.29) is 17.1 Å². The van der Waals surface area contributed by atoms with Crippen LogP contribution in [-0.2, 0) is 17.1 Å². The van der Waals surface area contributed by atoms with E-state index in [9.17, 15) is 19.8 Å². The van der Waals surface area contributed by atoms with Crippen molar-refractivity contribution in [3.05, 3.63) is 47.5 Å². The van der Waals surface area contributed by atoms with E-state index in [1.165, 1.54) is 12.1 Å². The number of carboxylic acid groups (broad SMARTS) is 2. The first kappa shape index (κ1) is 20.1. The van der Waals surface area contributed by atoms with Gasteiger partial charge in [0.2, 0.25) is 0 Å². The first-order chi connectivity index (χ1) is 10.3. The number of carbonyl (C=O) groups excluding carboxylic acids is 2. The van der Waals surface area contributed by atoms with Gasteiger partial charge in [-0.1, -0.05) is 12.1 Å². The minimum Gasteiger partial charge on any atom is -0.545 e. The van der Waals surface area contributed by atoms with E-state index >= 15 is 0 Å². The zero-order valence-corrected chi connectivity index (χ0v) is 12.3. The molecule has 0 aliphatic rings. The number of rotatable bonds is 2. The molecule has 0 spiro atoms. The first-order valence-electron chi connectivity index (χ1n) is 5.70. The summed E-state index contributed by atoms with van der Waals surface area (Å²) in [5.74, 6) is -5.17. The van der Waals surface area contributed by atoms with E-state index < -0.39 is 46.1 Å². The molecule has 0 saturated carbocycles. The average Bonchev–Trinajstić information content (AvgIpc) is 2.38. The largest absolute Gasteiger partial charge is 2.00 e. The molecule has 9 heteroatoms. The van der Waals surface area contributed by atoms with Crippen molar-refractivity contribution < 1.29 is 57.3 Å². The molecule has 0 aromatic heterocycles. The van der Waals surface area contributed by atoms with E-state index in [1.807, 2.05) is 0 Å². The van der Waals surface area contributed by atoms with Gasteiger partial charge < -0.3 is 40.2 Å². The quantitative estimate of drug-likeness (QED) is 0.491. The van der Waals surface area contributed by atoms with E-state index in [2.05, 4.69) is 0 Å². The van der Waals surface area contributed by atoms with Gasteiger partial charge in [0.25, 0.3) is 0 Å². The molecule has 8 nitrogen and oxygen atoms in total. The summed E-state index contributed by atoms with van der Waals surface area (Å²) < 4.78 is 0. The molecule has 2 aromatic carbocycles. The molecule has 23 heavy (non-hydrogen) atoms. The third kappa shape index (κ3) is 5.10. The monoisotopic (exact) mass is 362 g/mol. The van der Waals surface area contributed by atoms with Crippen LogP contribution < -0.4 is 10.2 Å². The zero-order valence-electron chi connectivity index (χ0n) is 11.2. The van der Waals surface area contributed by atoms with Gasteiger partial charge in [-0.25, -0.2) is 0 Å². The first-order valence-corrected chi connectivity index (χ1v) is 5.70. The van der Waals surface area contributed by atoms with Gasteiger partial charge in [0.05, 0.1) is 23.1 Å². The van der Waals surface area contributed by atoms with Crippen LogP contribution in [0.3, 0.4) is 0 Å². The van der Waals surface area contributed by atoms with Gasteiger partial charge in [-0.3, -0.25) is 0 Å². The van der Waals surface area contributed by atoms with Crippen LogP contribution in [0.15, 0.2) is 36.4 Å². The maximum Gasteiger partial charge on any atom is 2.00 e.